The van der Waals surface area contributed by atoms with Crippen LogP contribution in [0.1, 0.15) is 25.0 Å². The third-order valence-corrected chi connectivity index (χ3v) is 5.85. The predicted octanol–water partition coefficient (Wildman–Crippen LogP) is 1.54. The van der Waals surface area contributed by atoms with E-state index in [1.165, 1.54) is 6.42 Å². The second kappa shape index (κ2) is 8.91. The molecule has 2 aliphatic heterocycles. The highest BCUT2D eigenvalue weighted by atomic mass is 32.2. The van der Waals surface area contributed by atoms with E-state index >= 15 is 0 Å². The highest BCUT2D eigenvalue weighted by Crippen LogP contribution is 2.19. The standard InChI is InChI=1S/C17H29N5O2S/c1-20-15(12-19-17(20)25-2)11-18-16(23)22-6-4-3-5-14(22)13-21-7-9-24-10-8-21/h12,14H,3-11,13H2,1-2H3,(H,18,23)/t14-/m0/s1. The highest BCUT2D eigenvalue weighted by molar-refractivity contribution is 7.98. The lowest BCUT2D eigenvalue weighted by Gasteiger charge is -2.39. The van der Waals surface area contributed by atoms with Crippen molar-refractivity contribution < 1.29 is 9.53 Å². The zero-order valence-electron chi connectivity index (χ0n) is 15.2. The lowest BCUT2D eigenvalue weighted by Crippen LogP contribution is -2.54. The van der Waals surface area contributed by atoms with Crippen molar-refractivity contribution in [2.24, 2.45) is 7.05 Å². The number of carbonyl (C=O) groups is 1. The van der Waals surface area contributed by atoms with Crippen LogP contribution in [0.4, 0.5) is 4.79 Å². The number of hydrogen-bond acceptors (Lipinski definition) is 5. The topological polar surface area (TPSA) is 62.6 Å². The number of likely N-dealkylation sites (tertiary alicyclic amines) is 1. The molecular weight excluding hydrogens is 338 g/mol. The molecule has 25 heavy (non-hydrogen) atoms. The van der Waals surface area contributed by atoms with E-state index < -0.39 is 0 Å². The molecule has 3 rings (SSSR count). The lowest BCUT2D eigenvalue weighted by atomic mass is 10.0. The summed E-state index contributed by atoms with van der Waals surface area (Å²) in [7, 11) is 1.99. The minimum atomic E-state index is 0.0462. The number of thioether (sulfide) groups is 1. The number of urea groups is 1. The van der Waals surface area contributed by atoms with Gasteiger partial charge in [0.25, 0.3) is 0 Å². The summed E-state index contributed by atoms with van der Waals surface area (Å²) in [6.45, 7) is 5.87. The average Bonchev–Trinajstić information content (AvgIpc) is 3.01. The Morgan fingerprint density at radius 3 is 2.88 bits per heavy atom. The van der Waals surface area contributed by atoms with Crippen molar-refractivity contribution in [1.82, 2.24) is 24.7 Å². The van der Waals surface area contributed by atoms with Gasteiger partial charge in [0.05, 0.1) is 31.6 Å². The quantitative estimate of drug-likeness (QED) is 0.800. The van der Waals surface area contributed by atoms with Crippen LogP contribution in [-0.2, 0) is 18.3 Å². The van der Waals surface area contributed by atoms with Crippen molar-refractivity contribution in [2.75, 3.05) is 45.6 Å². The van der Waals surface area contributed by atoms with Crippen LogP contribution in [0.3, 0.4) is 0 Å². The number of carbonyl (C=O) groups excluding carboxylic acids is 1. The zero-order chi connectivity index (χ0) is 17.6. The van der Waals surface area contributed by atoms with E-state index in [1.54, 1.807) is 11.8 Å². The molecule has 7 nitrogen and oxygen atoms in total. The van der Waals surface area contributed by atoms with Crippen LogP contribution in [0.15, 0.2) is 11.4 Å². The summed E-state index contributed by atoms with van der Waals surface area (Å²) in [4.78, 5) is 21.6. The van der Waals surface area contributed by atoms with E-state index in [9.17, 15) is 4.79 Å². The fourth-order valence-electron chi connectivity index (χ4n) is 3.59. The first-order valence-corrected chi connectivity index (χ1v) is 10.3. The molecule has 140 valence electrons. The van der Waals surface area contributed by atoms with E-state index in [-0.39, 0.29) is 6.03 Å². The van der Waals surface area contributed by atoms with Crippen LogP contribution in [0.2, 0.25) is 0 Å². The molecule has 1 aromatic rings. The molecule has 2 saturated heterocycles. The molecule has 0 unspecified atom stereocenters. The molecule has 0 aliphatic carbocycles. The van der Waals surface area contributed by atoms with Gasteiger partial charge >= 0.3 is 6.03 Å². The van der Waals surface area contributed by atoms with Crippen molar-refractivity contribution in [3.63, 3.8) is 0 Å². The summed E-state index contributed by atoms with van der Waals surface area (Å²) >= 11 is 1.61. The summed E-state index contributed by atoms with van der Waals surface area (Å²) in [5, 5.41) is 4.05. The summed E-state index contributed by atoms with van der Waals surface area (Å²) in [5.74, 6) is 0. The van der Waals surface area contributed by atoms with Gasteiger partial charge in [-0.05, 0) is 25.5 Å². The predicted molar refractivity (Wildman–Crippen MR) is 98.8 cm³/mol. The molecule has 0 bridgehead atoms. The van der Waals surface area contributed by atoms with Gasteiger partial charge in [0, 0.05) is 39.3 Å². The van der Waals surface area contributed by atoms with Gasteiger partial charge in [0.15, 0.2) is 5.16 Å². The molecule has 2 fully saturated rings. The normalized spacial score (nSPS) is 22.2. The first-order chi connectivity index (χ1) is 12.2. The molecule has 1 atom stereocenters. The van der Waals surface area contributed by atoms with Gasteiger partial charge < -0.3 is 19.5 Å². The van der Waals surface area contributed by atoms with Crippen molar-refractivity contribution >= 4 is 17.8 Å². The maximum atomic E-state index is 12.7. The molecule has 0 saturated carbocycles. The van der Waals surface area contributed by atoms with Gasteiger partial charge in [-0.1, -0.05) is 11.8 Å². The number of morpholine rings is 1. The Labute approximate surface area is 154 Å². The molecule has 3 heterocycles. The number of nitrogens with zero attached hydrogens (tertiary/aromatic N) is 4. The molecule has 1 N–H and O–H groups in total. The molecule has 0 spiro atoms. The molecule has 0 radical (unpaired) electrons. The second-order valence-corrected chi connectivity index (χ2v) is 7.48. The van der Waals surface area contributed by atoms with Crippen molar-refractivity contribution in [3.05, 3.63) is 11.9 Å². The van der Waals surface area contributed by atoms with Crippen LogP contribution < -0.4 is 5.32 Å². The SMILES string of the molecule is CSc1ncc(CNC(=O)N2CCCC[C@H]2CN2CCOCC2)n1C. The first kappa shape index (κ1) is 18.5. The zero-order valence-corrected chi connectivity index (χ0v) is 16.1. The number of nitrogens with one attached hydrogen (secondary N) is 1. The van der Waals surface area contributed by atoms with Crippen molar-refractivity contribution in [1.29, 1.82) is 0 Å². The van der Waals surface area contributed by atoms with Crippen molar-refractivity contribution in [2.45, 2.75) is 37.0 Å². The molecule has 2 aliphatic rings. The number of imidazole rings is 1. The summed E-state index contributed by atoms with van der Waals surface area (Å²) in [6, 6.07) is 0.352. The fraction of sp³-hybridized carbons (Fsp3) is 0.765. The van der Waals surface area contributed by atoms with Crippen LogP contribution in [-0.4, -0.2) is 77.1 Å². The van der Waals surface area contributed by atoms with Crippen molar-refractivity contribution in [3.8, 4) is 0 Å². The summed E-state index contributed by atoms with van der Waals surface area (Å²) in [6.07, 6.45) is 7.24. The smallest absolute Gasteiger partial charge is 0.318 e. The van der Waals surface area contributed by atoms with Crippen LogP contribution in [0.5, 0.6) is 0 Å². The molecule has 1 aromatic heterocycles. The monoisotopic (exact) mass is 367 g/mol. The molecule has 2 amide bonds. The van der Waals surface area contributed by atoms with Gasteiger partial charge in [-0.25, -0.2) is 9.78 Å². The minimum Gasteiger partial charge on any atom is -0.379 e. The number of piperidine rings is 1. The largest absolute Gasteiger partial charge is 0.379 e. The third-order valence-electron chi connectivity index (χ3n) is 5.11. The van der Waals surface area contributed by atoms with Gasteiger partial charge in [-0.2, -0.15) is 0 Å². The Morgan fingerprint density at radius 2 is 2.16 bits per heavy atom. The lowest BCUT2D eigenvalue weighted by molar-refractivity contribution is 0.0221. The number of rotatable bonds is 5. The van der Waals surface area contributed by atoms with Gasteiger partial charge in [0.2, 0.25) is 0 Å². The van der Waals surface area contributed by atoms with E-state index in [1.807, 2.05) is 29.0 Å². The number of ether oxygens (including phenoxy) is 1. The molecular formula is C17H29N5O2S. The Morgan fingerprint density at radius 1 is 1.36 bits per heavy atom. The van der Waals surface area contributed by atoms with Gasteiger partial charge in [-0.15, -0.1) is 0 Å². The van der Waals surface area contributed by atoms with Crippen LogP contribution >= 0.6 is 11.8 Å². The third kappa shape index (κ3) is 4.68. The van der Waals surface area contributed by atoms with Crippen LogP contribution in [0.25, 0.3) is 0 Å². The molecule has 8 heteroatoms. The van der Waals surface area contributed by atoms with E-state index in [0.29, 0.717) is 12.6 Å². The van der Waals surface area contributed by atoms with E-state index in [0.717, 1.165) is 63.1 Å². The van der Waals surface area contributed by atoms with E-state index in [2.05, 4.69) is 15.2 Å². The summed E-state index contributed by atoms with van der Waals surface area (Å²) < 4.78 is 7.46. The molecule has 0 aromatic carbocycles. The Kier molecular flexibility index (Phi) is 6.61. The maximum absolute atomic E-state index is 12.7. The highest BCUT2D eigenvalue weighted by Gasteiger charge is 2.28. The number of hydrogen-bond donors (Lipinski definition) is 1. The summed E-state index contributed by atoms with van der Waals surface area (Å²) in [5.41, 5.74) is 1.03. The first-order valence-electron chi connectivity index (χ1n) is 9.08. The van der Waals surface area contributed by atoms with Crippen LogP contribution in [0, 0.1) is 0 Å². The number of amides is 2. The Balaban J connectivity index is 1.55. The van der Waals surface area contributed by atoms with Gasteiger partial charge in [0.1, 0.15) is 0 Å². The second-order valence-electron chi connectivity index (χ2n) is 6.71. The maximum Gasteiger partial charge on any atom is 0.318 e. The Bertz CT molecular complexity index is 573. The fourth-order valence-corrected chi connectivity index (χ4v) is 4.14. The Hall–Kier alpha value is -1.25. The number of aromatic nitrogens is 2. The average molecular weight is 368 g/mol. The van der Waals surface area contributed by atoms with Gasteiger partial charge in [-0.3, -0.25) is 4.90 Å². The minimum absolute atomic E-state index is 0.0462. The van der Waals surface area contributed by atoms with E-state index in [4.69, 9.17) is 4.74 Å².